The van der Waals surface area contributed by atoms with Gasteiger partial charge in [-0.25, -0.2) is 0 Å². The van der Waals surface area contributed by atoms with Crippen molar-refractivity contribution in [1.82, 2.24) is 20.4 Å². The molecule has 0 atom stereocenters. The monoisotopic (exact) mass is 571 g/mol. The standard InChI is InChI=1S/C24H37N5O3.HI/c1-18(2)32-17-16-28-14-10-19(11-15-28)27-24(25-3)26-12-6-7-13-29-22(30)20-8-4-5-9-21(20)23(29)31;/h4-5,8-9,18-19H,6-7,10-17H2,1-3H3,(H2,25,26,27);1H. The Kier molecular flexibility index (Phi) is 11.6. The van der Waals surface area contributed by atoms with Gasteiger partial charge < -0.3 is 20.3 Å². The number of unbranched alkanes of at least 4 members (excludes halogenated alkanes) is 1. The molecule has 2 N–H and O–H groups in total. The summed E-state index contributed by atoms with van der Waals surface area (Å²) in [5.41, 5.74) is 1.03. The molecule has 0 aliphatic carbocycles. The number of piperidine rings is 1. The second-order valence-electron chi connectivity index (χ2n) is 8.69. The minimum atomic E-state index is -0.182. The normalized spacial score (nSPS) is 17.3. The Balaban J connectivity index is 0.00000385. The predicted octanol–water partition coefficient (Wildman–Crippen LogP) is 2.74. The first-order chi connectivity index (χ1) is 15.5. The van der Waals surface area contributed by atoms with Gasteiger partial charge in [0, 0.05) is 45.8 Å². The van der Waals surface area contributed by atoms with E-state index >= 15 is 0 Å². The number of nitrogens with one attached hydrogen (secondary N) is 2. The zero-order valence-corrected chi connectivity index (χ0v) is 22.3. The third-order valence-corrected chi connectivity index (χ3v) is 5.99. The molecule has 1 fully saturated rings. The van der Waals surface area contributed by atoms with Crippen LogP contribution in [0.5, 0.6) is 0 Å². The van der Waals surface area contributed by atoms with Gasteiger partial charge in [0.15, 0.2) is 5.96 Å². The summed E-state index contributed by atoms with van der Waals surface area (Å²) in [4.78, 5) is 33.0. The molecule has 2 amide bonds. The third kappa shape index (κ3) is 7.92. The Labute approximate surface area is 214 Å². The zero-order chi connectivity index (χ0) is 22.9. The van der Waals surface area contributed by atoms with Crippen LogP contribution in [0.15, 0.2) is 29.3 Å². The maximum atomic E-state index is 12.4. The number of nitrogens with zero attached hydrogens (tertiary/aromatic N) is 3. The molecule has 33 heavy (non-hydrogen) atoms. The van der Waals surface area contributed by atoms with Crippen molar-refractivity contribution in [2.75, 3.05) is 46.4 Å². The summed E-state index contributed by atoms with van der Waals surface area (Å²) in [5.74, 6) is 0.448. The molecule has 1 saturated heterocycles. The largest absolute Gasteiger partial charge is 0.377 e. The Bertz CT molecular complexity index is 774. The zero-order valence-electron chi connectivity index (χ0n) is 20.0. The van der Waals surface area contributed by atoms with Crippen LogP contribution >= 0.6 is 24.0 Å². The highest BCUT2D eigenvalue weighted by atomic mass is 127. The van der Waals surface area contributed by atoms with Crippen molar-refractivity contribution >= 4 is 41.8 Å². The van der Waals surface area contributed by atoms with E-state index in [2.05, 4.69) is 34.4 Å². The number of benzene rings is 1. The van der Waals surface area contributed by atoms with Gasteiger partial charge in [0.25, 0.3) is 11.8 Å². The maximum absolute atomic E-state index is 12.4. The summed E-state index contributed by atoms with van der Waals surface area (Å²) in [5, 5.41) is 6.88. The number of fused-ring (bicyclic) bond motifs is 1. The molecule has 0 radical (unpaired) electrons. The fourth-order valence-electron chi connectivity index (χ4n) is 4.15. The number of hydrogen-bond acceptors (Lipinski definition) is 5. The molecule has 9 heteroatoms. The van der Waals surface area contributed by atoms with Crippen LogP contribution in [0.2, 0.25) is 0 Å². The number of ether oxygens (including phenoxy) is 1. The van der Waals surface area contributed by atoms with Gasteiger partial charge >= 0.3 is 0 Å². The fourth-order valence-corrected chi connectivity index (χ4v) is 4.15. The Morgan fingerprint density at radius 3 is 2.30 bits per heavy atom. The van der Waals surface area contributed by atoms with E-state index < -0.39 is 0 Å². The number of likely N-dealkylation sites (tertiary alicyclic amines) is 1. The van der Waals surface area contributed by atoms with Crippen molar-refractivity contribution < 1.29 is 14.3 Å². The highest BCUT2D eigenvalue weighted by Gasteiger charge is 2.34. The van der Waals surface area contributed by atoms with E-state index in [4.69, 9.17) is 4.74 Å². The number of aliphatic imine (C=N–C) groups is 1. The molecule has 1 aromatic carbocycles. The number of imide groups is 1. The lowest BCUT2D eigenvalue weighted by Crippen LogP contribution is -2.49. The van der Waals surface area contributed by atoms with E-state index in [1.807, 2.05) is 0 Å². The molecule has 1 aromatic rings. The van der Waals surface area contributed by atoms with Crippen molar-refractivity contribution in [3.05, 3.63) is 35.4 Å². The van der Waals surface area contributed by atoms with Crippen LogP contribution < -0.4 is 10.6 Å². The molecular weight excluding hydrogens is 533 g/mol. The van der Waals surface area contributed by atoms with Crippen LogP contribution in [0.1, 0.15) is 60.2 Å². The number of halogens is 1. The van der Waals surface area contributed by atoms with Gasteiger partial charge in [0.1, 0.15) is 0 Å². The van der Waals surface area contributed by atoms with Crippen LogP contribution in [0.25, 0.3) is 0 Å². The Morgan fingerprint density at radius 2 is 1.73 bits per heavy atom. The number of guanidine groups is 1. The summed E-state index contributed by atoms with van der Waals surface area (Å²) in [6.45, 7) is 9.24. The van der Waals surface area contributed by atoms with Crippen LogP contribution in [0.3, 0.4) is 0 Å². The van der Waals surface area contributed by atoms with Crippen molar-refractivity contribution in [2.45, 2.75) is 51.7 Å². The lowest BCUT2D eigenvalue weighted by atomic mass is 10.1. The summed E-state index contributed by atoms with van der Waals surface area (Å²) >= 11 is 0. The minimum absolute atomic E-state index is 0. The lowest BCUT2D eigenvalue weighted by Gasteiger charge is -2.33. The molecule has 184 valence electrons. The first kappa shape index (κ1) is 27.5. The second-order valence-corrected chi connectivity index (χ2v) is 8.69. The average molecular weight is 572 g/mol. The molecule has 8 nitrogen and oxygen atoms in total. The van der Waals surface area contributed by atoms with Gasteiger partial charge in [-0.2, -0.15) is 0 Å². The molecule has 2 aliphatic rings. The molecule has 0 saturated carbocycles. The Morgan fingerprint density at radius 1 is 1.09 bits per heavy atom. The molecule has 0 spiro atoms. The summed E-state index contributed by atoms with van der Waals surface area (Å²) in [6, 6.07) is 7.44. The summed E-state index contributed by atoms with van der Waals surface area (Å²) in [7, 11) is 1.78. The third-order valence-electron chi connectivity index (χ3n) is 5.99. The second kappa shape index (κ2) is 13.9. The summed E-state index contributed by atoms with van der Waals surface area (Å²) in [6.07, 6.45) is 4.06. The van der Waals surface area contributed by atoms with E-state index in [1.165, 1.54) is 4.90 Å². The van der Waals surface area contributed by atoms with E-state index in [1.54, 1.807) is 31.3 Å². The SMILES string of the molecule is CN=C(NCCCCN1C(=O)c2ccccc2C1=O)NC1CCN(CCOC(C)C)CC1.I. The first-order valence-electron chi connectivity index (χ1n) is 11.8. The number of carbonyl (C=O) groups is 2. The highest BCUT2D eigenvalue weighted by Crippen LogP contribution is 2.22. The molecule has 0 aromatic heterocycles. The van der Waals surface area contributed by atoms with Crippen LogP contribution in [-0.2, 0) is 4.74 Å². The molecule has 0 unspecified atom stereocenters. The van der Waals surface area contributed by atoms with E-state index in [-0.39, 0.29) is 41.9 Å². The van der Waals surface area contributed by atoms with E-state index in [0.29, 0.717) is 23.7 Å². The molecular formula is C24H38IN5O3. The van der Waals surface area contributed by atoms with Crippen molar-refractivity contribution in [1.29, 1.82) is 0 Å². The molecule has 2 heterocycles. The van der Waals surface area contributed by atoms with Crippen LogP contribution in [0, 0.1) is 0 Å². The number of rotatable bonds is 10. The van der Waals surface area contributed by atoms with Gasteiger partial charge in [-0.1, -0.05) is 12.1 Å². The fraction of sp³-hybridized carbons (Fsp3) is 0.625. The number of hydrogen-bond donors (Lipinski definition) is 2. The first-order valence-corrected chi connectivity index (χ1v) is 11.8. The maximum Gasteiger partial charge on any atom is 0.261 e. The van der Waals surface area contributed by atoms with Crippen molar-refractivity contribution in [3.63, 3.8) is 0 Å². The van der Waals surface area contributed by atoms with Gasteiger partial charge in [0.2, 0.25) is 0 Å². The number of carbonyl (C=O) groups excluding carboxylic acids is 2. The van der Waals surface area contributed by atoms with Crippen molar-refractivity contribution in [3.8, 4) is 0 Å². The van der Waals surface area contributed by atoms with Crippen LogP contribution in [0.4, 0.5) is 0 Å². The van der Waals surface area contributed by atoms with Gasteiger partial charge in [0.05, 0.1) is 23.8 Å². The van der Waals surface area contributed by atoms with Gasteiger partial charge in [-0.05, 0) is 51.7 Å². The van der Waals surface area contributed by atoms with Crippen molar-refractivity contribution in [2.24, 2.45) is 4.99 Å². The molecule has 3 rings (SSSR count). The topological polar surface area (TPSA) is 86.3 Å². The minimum Gasteiger partial charge on any atom is -0.377 e. The average Bonchev–Trinajstić information content (AvgIpc) is 3.04. The predicted molar refractivity (Wildman–Crippen MR) is 142 cm³/mol. The van der Waals surface area contributed by atoms with E-state index in [0.717, 1.165) is 64.4 Å². The molecule has 0 bridgehead atoms. The lowest BCUT2D eigenvalue weighted by molar-refractivity contribution is 0.0532. The van der Waals surface area contributed by atoms with Gasteiger partial charge in [-0.3, -0.25) is 19.5 Å². The highest BCUT2D eigenvalue weighted by molar-refractivity contribution is 14.0. The van der Waals surface area contributed by atoms with Crippen LogP contribution in [-0.4, -0.2) is 86.1 Å². The Hall–Kier alpha value is -1.72. The van der Waals surface area contributed by atoms with E-state index in [9.17, 15) is 9.59 Å². The van der Waals surface area contributed by atoms with Gasteiger partial charge in [-0.15, -0.1) is 24.0 Å². The quantitative estimate of drug-likeness (QED) is 0.148. The molecule has 2 aliphatic heterocycles. The smallest absolute Gasteiger partial charge is 0.261 e. The summed E-state index contributed by atoms with van der Waals surface area (Å²) < 4.78 is 5.65. The number of amides is 2.